The Kier molecular flexibility index (Phi) is 8.23. The fourth-order valence-corrected chi connectivity index (χ4v) is 3.50. The number of para-hydroxylation sites is 1. The zero-order valence-electron chi connectivity index (χ0n) is 16.0. The SMILES string of the molecule is CCN=C(NC1CC1c1ccccc1OC(F)(F)F)N(C)CC1CCOC1.I. The van der Waals surface area contributed by atoms with Crippen molar-refractivity contribution in [2.75, 3.05) is 33.4 Å². The van der Waals surface area contributed by atoms with Crippen molar-refractivity contribution in [3.8, 4) is 5.75 Å². The van der Waals surface area contributed by atoms with E-state index >= 15 is 0 Å². The second-order valence-electron chi connectivity index (χ2n) is 7.09. The summed E-state index contributed by atoms with van der Waals surface area (Å²) in [4.78, 5) is 6.62. The van der Waals surface area contributed by atoms with Crippen LogP contribution in [0.5, 0.6) is 5.75 Å². The number of rotatable bonds is 6. The normalized spacial score (nSPS) is 24.5. The molecule has 9 heteroatoms. The zero-order valence-corrected chi connectivity index (χ0v) is 18.4. The first-order valence-corrected chi connectivity index (χ1v) is 9.32. The van der Waals surface area contributed by atoms with Gasteiger partial charge in [-0.1, -0.05) is 18.2 Å². The summed E-state index contributed by atoms with van der Waals surface area (Å²) in [6.07, 6.45) is -2.90. The van der Waals surface area contributed by atoms with E-state index in [0.717, 1.165) is 38.6 Å². The van der Waals surface area contributed by atoms with Gasteiger partial charge in [-0.05, 0) is 31.4 Å². The number of hydrogen-bond donors (Lipinski definition) is 1. The highest BCUT2D eigenvalue weighted by Crippen LogP contribution is 2.45. The van der Waals surface area contributed by atoms with Crippen LogP contribution in [-0.2, 0) is 4.74 Å². The molecular weight excluding hydrogens is 486 g/mol. The summed E-state index contributed by atoms with van der Waals surface area (Å²) in [5.41, 5.74) is 0.579. The molecule has 3 rings (SSSR count). The first-order chi connectivity index (χ1) is 12.9. The molecule has 0 radical (unpaired) electrons. The van der Waals surface area contributed by atoms with Gasteiger partial charge in [-0.3, -0.25) is 4.99 Å². The molecule has 0 spiro atoms. The van der Waals surface area contributed by atoms with Crippen LogP contribution in [0.15, 0.2) is 29.3 Å². The van der Waals surface area contributed by atoms with Gasteiger partial charge >= 0.3 is 6.36 Å². The van der Waals surface area contributed by atoms with Crippen molar-refractivity contribution < 1.29 is 22.6 Å². The first-order valence-electron chi connectivity index (χ1n) is 9.32. The van der Waals surface area contributed by atoms with Gasteiger partial charge in [0.1, 0.15) is 5.75 Å². The summed E-state index contributed by atoms with van der Waals surface area (Å²) in [7, 11) is 1.98. The predicted molar refractivity (Wildman–Crippen MR) is 112 cm³/mol. The average Bonchev–Trinajstić information content (AvgIpc) is 3.16. The van der Waals surface area contributed by atoms with Gasteiger partial charge in [-0.15, -0.1) is 37.1 Å². The van der Waals surface area contributed by atoms with Crippen LogP contribution in [-0.4, -0.2) is 56.6 Å². The molecule has 3 atom stereocenters. The number of guanidine groups is 1. The minimum atomic E-state index is -4.69. The molecule has 158 valence electrons. The molecule has 5 nitrogen and oxygen atoms in total. The quantitative estimate of drug-likeness (QED) is 0.355. The van der Waals surface area contributed by atoms with Gasteiger partial charge in [0.25, 0.3) is 0 Å². The van der Waals surface area contributed by atoms with E-state index in [1.54, 1.807) is 18.2 Å². The smallest absolute Gasteiger partial charge is 0.405 e. The summed E-state index contributed by atoms with van der Waals surface area (Å²) in [5, 5.41) is 3.40. The number of nitrogens with one attached hydrogen (secondary N) is 1. The number of ether oxygens (including phenoxy) is 2. The van der Waals surface area contributed by atoms with Gasteiger partial charge in [-0.2, -0.15) is 0 Å². The molecular formula is C19H27F3IN3O2. The van der Waals surface area contributed by atoms with Crippen molar-refractivity contribution >= 4 is 29.9 Å². The second kappa shape index (κ2) is 10.00. The number of hydrogen-bond acceptors (Lipinski definition) is 3. The maximum absolute atomic E-state index is 12.6. The third-order valence-electron chi connectivity index (χ3n) is 4.87. The molecule has 1 aliphatic heterocycles. The van der Waals surface area contributed by atoms with Crippen LogP contribution in [0.4, 0.5) is 13.2 Å². The highest BCUT2D eigenvalue weighted by Gasteiger charge is 2.43. The summed E-state index contributed by atoms with van der Waals surface area (Å²) in [6.45, 7) is 5.01. The van der Waals surface area contributed by atoms with Crippen LogP contribution in [0, 0.1) is 5.92 Å². The lowest BCUT2D eigenvalue weighted by molar-refractivity contribution is -0.274. The minimum Gasteiger partial charge on any atom is -0.405 e. The van der Waals surface area contributed by atoms with E-state index in [0.29, 0.717) is 18.0 Å². The Bertz CT molecular complexity index is 666. The topological polar surface area (TPSA) is 46.1 Å². The van der Waals surface area contributed by atoms with Crippen LogP contribution >= 0.6 is 24.0 Å². The number of aliphatic imine (C=N–C) groups is 1. The molecule has 0 bridgehead atoms. The molecule has 1 saturated heterocycles. The van der Waals surface area contributed by atoms with Crippen LogP contribution in [0.1, 0.15) is 31.2 Å². The Hall–Kier alpha value is -1.23. The van der Waals surface area contributed by atoms with E-state index in [2.05, 4.69) is 19.9 Å². The number of nitrogens with zero attached hydrogens (tertiary/aromatic N) is 2. The van der Waals surface area contributed by atoms with E-state index in [-0.39, 0.29) is 41.7 Å². The highest BCUT2D eigenvalue weighted by atomic mass is 127. The van der Waals surface area contributed by atoms with Crippen LogP contribution < -0.4 is 10.1 Å². The van der Waals surface area contributed by atoms with E-state index < -0.39 is 6.36 Å². The Labute approximate surface area is 180 Å². The van der Waals surface area contributed by atoms with Gasteiger partial charge in [-0.25, -0.2) is 0 Å². The summed E-state index contributed by atoms with van der Waals surface area (Å²) >= 11 is 0. The molecule has 28 heavy (non-hydrogen) atoms. The van der Waals surface area contributed by atoms with Gasteiger partial charge in [0.2, 0.25) is 0 Å². The van der Waals surface area contributed by atoms with Crippen LogP contribution in [0.3, 0.4) is 0 Å². The Morgan fingerprint density at radius 2 is 2.11 bits per heavy atom. The molecule has 0 amide bonds. The fourth-order valence-electron chi connectivity index (χ4n) is 3.50. The summed E-state index contributed by atoms with van der Waals surface area (Å²) in [6, 6.07) is 6.41. The van der Waals surface area contributed by atoms with E-state index in [9.17, 15) is 13.2 Å². The number of benzene rings is 1. The minimum absolute atomic E-state index is 0. The molecule has 1 aliphatic carbocycles. The largest absolute Gasteiger partial charge is 0.573 e. The maximum Gasteiger partial charge on any atom is 0.573 e. The number of halogens is 4. The van der Waals surface area contributed by atoms with Gasteiger partial charge < -0.3 is 19.7 Å². The van der Waals surface area contributed by atoms with Crippen molar-refractivity contribution in [3.63, 3.8) is 0 Å². The third kappa shape index (κ3) is 6.40. The molecule has 2 aliphatic rings. The molecule has 1 saturated carbocycles. The molecule has 0 aromatic heterocycles. The molecule has 1 N–H and O–H groups in total. The van der Waals surface area contributed by atoms with Crippen molar-refractivity contribution in [3.05, 3.63) is 29.8 Å². The van der Waals surface area contributed by atoms with Gasteiger partial charge in [0.15, 0.2) is 5.96 Å². The van der Waals surface area contributed by atoms with Crippen LogP contribution in [0.2, 0.25) is 0 Å². The van der Waals surface area contributed by atoms with Crippen molar-refractivity contribution in [2.45, 2.75) is 38.1 Å². The molecule has 1 heterocycles. The summed E-state index contributed by atoms with van der Waals surface area (Å²) < 4.78 is 47.5. The zero-order chi connectivity index (χ0) is 19.4. The van der Waals surface area contributed by atoms with E-state index in [1.807, 2.05) is 14.0 Å². The first kappa shape index (κ1) is 23.1. The Morgan fingerprint density at radius 3 is 2.75 bits per heavy atom. The van der Waals surface area contributed by atoms with E-state index in [1.165, 1.54) is 6.07 Å². The molecule has 3 unspecified atom stereocenters. The highest BCUT2D eigenvalue weighted by molar-refractivity contribution is 14.0. The third-order valence-corrected chi connectivity index (χ3v) is 4.87. The summed E-state index contributed by atoms with van der Waals surface area (Å²) in [5.74, 6) is 1.12. The van der Waals surface area contributed by atoms with E-state index in [4.69, 9.17) is 4.74 Å². The molecule has 1 aromatic rings. The number of alkyl halides is 3. The maximum atomic E-state index is 12.6. The second-order valence-corrected chi connectivity index (χ2v) is 7.09. The fraction of sp³-hybridized carbons (Fsp3) is 0.632. The van der Waals surface area contributed by atoms with Crippen molar-refractivity contribution in [1.29, 1.82) is 0 Å². The van der Waals surface area contributed by atoms with Gasteiger partial charge in [0.05, 0.1) is 6.61 Å². The molecule has 2 fully saturated rings. The van der Waals surface area contributed by atoms with Crippen molar-refractivity contribution in [1.82, 2.24) is 10.2 Å². The Morgan fingerprint density at radius 1 is 1.36 bits per heavy atom. The standard InChI is InChI=1S/C19H26F3N3O2.HI/c1-3-23-18(25(2)11-13-8-9-26-12-13)24-16-10-15(16)14-6-4-5-7-17(14)27-19(20,21)22;/h4-7,13,15-16H,3,8-12H2,1-2H3,(H,23,24);1H. The molecule has 1 aromatic carbocycles. The van der Waals surface area contributed by atoms with Gasteiger partial charge in [0, 0.05) is 44.6 Å². The van der Waals surface area contributed by atoms with Crippen molar-refractivity contribution in [2.24, 2.45) is 10.9 Å². The lowest BCUT2D eigenvalue weighted by Crippen LogP contribution is -2.43. The lowest BCUT2D eigenvalue weighted by atomic mass is 10.1. The Balaban J connectivity index is 0.00000280. The lowest BCUT2D eigenvalue weighted by Gasteiger charge is -2.25. The average molecular weight is 513 g/mol. The van der Waals surface area contributed by atoms with Crippen LogP contribution in [0.25, 0.3) is 0 Å². The predicted octanol–water partition coefficient (Wildman–Crippen LogP) is 3.99. The monoisotopic (exact) mass is 513 g/mol.